The van der Waals surface area contributed by atoms with Crippen molar-refractivity contribution in [3.05, 3.63) is 65.5 Å². The number of hydrogen-bond acceptors (Lipinski definition) is 4. The van der Waals surface area contributed by atoms with Crippen molar-refractivity contribution in [3.63, 3.8) is 0 Å². The van der Waals surface area contributed by atoms with Gasteiger partial charge in [0.1, 0.15) is 17.7 Å². The van der Waals surface area contributed by atoms with E-state index in [1.807, 2.05) is 6.92 Å². The summed E-state index contributed by atoms with van der Waals surface area (Å²) < 4.78 is 24.4. The number of hydrogen-bond donors (Lipinski definition) is 0. The van der Waals surface area contributed by atoms with Crippen LogP contribution in [0, 0.1) is 5.82 Å². The lowest BCUT2D eigenvalue weighted by Crippen LogP contribution is -2.32. The van der Waals surface area contributed by atoms with E-state index < -0.39 is 6.10 Å². The highest BCUT2D eigenvalue weighted by molar-refractivity contribution is 6.09. The molecule has 28 heavy (non-hydrogen) atoms. The summed E-state index contributed by atoms with van der Waals surface area (Å²) in [5.74, 6) is -0.412. The maximum absolute atomic E-state index is 13.0. The molecule has 1 unspecified atom stereocenters. The maximum atomic E-state index is 13.0. The normalized spacial score (nSPS) is 15.6. The standard InChI is InChI=1S/C23H25FO4/c1-2-21(23(26)28-19-6-4-3-5-7-19)27-20-14-10-17(11-15-20)22(25)16-8-12-18(24)13-9-16/h8-15,19,21H,2-7H2,1H3. The van der Waals surface area contributed by atoms with Gasteiger partial charge in [-0.2, -0.15) is 0 Å². The van der Waals surface area contributed by atoms with Gasteiger partial charge < -0.3 is 9.47 Å². The second-order valence-electron chi connectivity index (χ2n) is 7.07. The molecule has 148 valence electrons. The van der Waals surface area contributed by atoms with Gasteiger partial charge >= 0.3 is 5.97 Å². The van der Waals surface area contributed by atoms with Crippen LogP contribution in [0.15, 0.2) is 48.5 Å². The minimum absolute atomic E-state index is 0.00499. The molecule has 1 fully saturated rings. The third-order valence-electron chi connectivity index (χ3n) is 4.97. The molecule has 0 bridgehead atoms. The quantitative estimate of drug-likeness (QED) is 0.493. The minimum Gasteiger partial charge on any atom is -0.479 e. The molecular formula is C23H25FO4. The van der Waals surface area contributed by atoms with Gasteiger partial charge in [-0.05, 0) is 80.6 Å². The number of carbonyl (C=O) groups excluding carboxylic acids is 2. The summed E-state index contributed by atoms with van der Waals surface area (Å²) in [7, 11) is 0. The molecule has 5 heteroatoms. The van der Waals surface area contributed by atoms with E-state index in [9.17, 15) is 14.0 Å². The fourth-order valence-corrected chi connectivity index (χ4v) is 3.34. The predicted molar refractivity (Wildman–Crippen MR) is 104 cm³/mol. The zero-order valence-corrected chi connectivity index (χ0v) is 16.0. The van der Waals surface area contributed by atoms with Gasteiger partial charge in [0.05, 0.1) is 0 Å². The zero-order chi connectivity index (χ0) is 19.9. The molecule has 1 aliphatic rings. The van der Waals surface area contributed by atoms with Crippen LogP contribution < -0.4 is 4.74 Å². The second-order valence-corrected chi connectivity index (χ2v) is 7.07. The number of ketones is 1. The molecule has 0 radical (unpaired) electrons. The van der Waals surface area contributed by atoms with Crippen molar-refractivity contribution in [2.45, 2.75) is 57.7 Å². The van der Waals surface area contributed by atoms with Gasteiger partial charge in [-0.15, -0.1) is 0 Å². The van der Waals surface area contributed by atoms with E-state index in [-0.39, 0.29) is 23.7 Å². The van der Waals surface area contributed by atoms with Gasteiger partial charge in [0.25, 0.3) is 0 Å². The Morgan fingerprint density at radius 1 is 0.964 bits per heavy atom. The van der Waals surface area contributed by atoms with Crippen LogP contribution in [-0.2, 0) is 9.53 Å². The number of halogens is 1. The first-order valence-electron chi connectivity index (χ1n) is 9.84. The molecule has 1 atom stereocenters. The van der Waals surface area contributed by atoms with E-state index in [2.05, 4.69) is 0 Å². The van der Waals surface area contributed by atoms with Crippen LogP contribution in [-0.4, -0.2) is 24.0 Å². The Bertz CT molecular complexity index is 792. The first kappa shape index (κ1) is 20.1. The van der Waals surface area contributed by atoms with Crippen LogP contribution in [0.4, 0.5) is 4.39 Å². The highest BCUT2D eigenvalue weighted by atomic mass is 19.1. The van der Waals surface area contributed by atoms with E-state index >= 15 is 0 Å². The van der Waals surface area contributed by atoms with Crippen molar-refractivity contribution in [3.8, 4) is 5.75 Å². The third kappa shape index (κ3) is 5.18. The van der Waals surface area contributed by atoms with Crippen LogP contribution in [0.3, 0.4) is 0 Å². The Labute approximate surface area is 164 Å². The van der Waals surface area contributed by atoms with Gasteiger partial charge in [-0.1, -0.05) is 13.3 Å². The molecule has 4 nitrogen and oxygen atoms in total. The first-order chi connectivity index (χ1) is 13.6. The van der Waals surface area contributed by atoms with Crippen molar-refractivity contribution in [1.82, 2.24) is 0 Å². The lowest BCUT2D eigenvalue weighted by Gasteiger charge is -2.24. The van der Waals surface area contributed by atoms with Crippen molar-refractivity contribution in [2.24, 2.45) is 0 Å². The van der Waals surface area contributed by atoms with Crippen LogP contribution in [0.25, 0.3) is 0 Å². The largest absolute Gasteiger partial charge is 0.479 e. The van der Waals surface area contributed by atoms with E-state index in [1.165, 1.54) is 30.7 Å². The molecular weight excluding hydrogens is 359 g/mol. The third-order valence-corrected chi connectivity index (χ3v) is 4.97. The number of ether oxygens (including phenoxy) is 2. The molecule has 1 aliphatic carbocycles. The fraction of sp³-hybridized carbons (Fsp3) is 0.391. The average Bonchev–Trinajstić information content (AvgIpc) is 2.73. The lowest BCUT2D eigenvalue weighted by atomic mass is 9.98. The number of esters is 1. The van der Waals surface area contributed by atoms with Gasteiger partial charge in [0, 0.05) is 11.1 Å². The molecule has 1 saturated carbocycles. The van der Waals surface area contributed by atoms with Gasteiger partial charge in [-0.25, -0.2) is 9.18 Å². The molecule has 0 heterocycles. The number of rotatable bonds is 7. The lowest BCUT2D eigenvalue weighted by molar-refractivity contribution is -0.159. The molecule has 2 aromatic carbocycles. The van der Waals surface area contributed by atoms with Crippen LogP contribution in [0.1, 0.15) is 61.4 Å². The summed E-state index contributed by atoms with van der Waals surface area (Å²) in [6, 6.07) is 12.0. The molecule has 0 saturated heterocycles. The minimum atomic E-state index is -0.666. The summed E-state index contributed by atoms with van der Waals surface area (Å²) >= 11 is 0. The summed E-state index contributed by atoms with van der Waals surface area (Å²) in [5, 5.41) is 0. The van der Waals surface area contributed by atoms with Crippen molar-refractivity contribution in [2.75, 3.05) is 0 Å². The Hall–Kier alpha value is -2.69. The Kier molecular flexibility index (Phi) is 6.80. The molecule has 0 aromatic heterocycles. The number of carbonyl (C=O) groups is 2. The SMILES string of the molecule is CCC(Oc1ccc(C(=O)c2ccc(F)cc2)cc1)C(=O)OC1CCCCC1. The van der Waals surface area contributed by atoms with E-state index in [0.717, 1.165) is 25.7 Å². The second kappa shape index (κ2) is 9.49. The molecule has 0 N–H and O–H groups in total. The van der Waals surface area contributed by atoms with Crippen molar-refractivity contribution in [1.29, 1.82) is 0 Å². The van der Waals surface area contributed by atoms with E-state index in [1.54, 1.807) is 24.3 Å². The highest BCUT2D eigenvalue weighted by Gasteiger charge is 2.25. The Balaban J connectivity index is 1.61. The van der Waals surface area contributed by atoms with Crippen LogP contribution in [0.5, 0.6) is 5.75 Å². The predicted octanol–water partition coefficient (Wildman–Crippen LogP) is 5.09. The number of benzene rings is 2. The highest BCUT2D eigenvalue weighted by Crippen LogP contribution is 2.22. The zero-order valence-electron chi connectivity index (χ0n) is 16.0. The summed E-state index contributed by atoms with van der Waals surface area (Å²) in [6.07, 6.45) is 5.06. The van der Waals surface area contributed by atoms with E-state index in [0.29, 0.717) is 23.3 Å². The Morgan fingerprint density at radius 2 is 1.54 bits per heavy atom. The van der Waals surface area contributed by atoms with Crippen LogP contribution in [0.2, 0.25) is 0 Å². The van der Waals surface area contributed by atoms with Crippen LogP contribution >= 0.6 is 0 Å². The molecule has 0 aliphatic heterocycles. The van der Waals surface area contributed by atoms with Gasteiger partial charge in [0.15, 0.2) is 11.9 Å². The topological polar surface area (TPSA) is 52.6 Å². The molecule has 0 spiro atoms. The monoisotopic (exact) mass is 384 g/mol. The van der Waals surface area contributed by atoms with E-state index in [4.69, 9.17) is 9.47 Å². The molecule has 3 rings (SSSR count). The molecule has 0 amide bonds. The summed E-state index contributed by atoms with van der Waals surface area (Å²) in [6.45, 7) is 1.87. The Morgan fingerprint density at radius 3 is 2.11 bits per heavy atom. The summed E-state index contributed by atoms with van der Waals surface area (Å²) in [5.41, 5.74) is 0.884. The fourth-order valence-electron chi connectivity index (χ4n) is 3.34. The average molecular weight is 384 g/mol. The molecule has 2 aromatic rings. The van der Waals surface area contributed by atoms with Crippen molar-refractivity contribution < 1.29 is 23.5 Å². The van der Waals surface area contributed by atoms with Gasteiger partial charge in [0.2, 0.25) is 0 Å². The summed E-state index contributed by atoms with van der Waals surface area (Å²) in [4.78, 5) is 24.8. The van der Waals surface area contributed by atoms with Crippen molar-refractivity contribution >= 4 is 11.8 Å². The maximum Gasteiger partial charge on any atom is 0.347 e. The van der Waals surface area contributed by atoms with Gasteiger partial charge in [-0.3, -0.25) is 4.79 Å². The smallest absolute Gasteiger partial charge is 0.347 e. The first-order valence-corrected chi connectivity index (χ1v) is 9.84.